The lowest BCUT2D eigenvalue weighted by molar-refractivity contribution is 0.600. The Labute approximate surface area is 124 Å². The topological polar surface area (TPSA) is 85.1 Å². The van der Waals surface area contributed by atoms with Crippen LogP contribution in [-0.2, 0) is 10.0 Å². The highest BCUT2D eigenvalue weighted by atomic mass is 35.5. The number of benzene rings is 1. The minimum Gasteiger partial charge on any atom is -0.384 e. The molecule has 0 amide bonds. The van der Waals surface area contributed by atoms with E-state index in [2.05, 4.69) is 9.71 Å². The molecule has 0 radical (unpaired) electrons. The molecule has 106 valence electrons. The molecule has 20 heavy (non-hydrogen) atoms. The average Bonchev–Trinajstić information content (AvgIpc) is 2.34. The Balaban J connectivity index is 2.41. The van der Waals surface area contributed by atoms with Gasteiger partial charge in [-0.25, -0.2) is 17.8 Å². The third kappa shape index (κ3) is 3.12. The van der Waals surface area contributed by atoms with Crippen molar-refractivity contribution in [1.82, 2.24) is 4.98 Å². The van der Waals surface area contributed by atoms with Gasteiger partial charge < -0.3 is 5.73 Å². The van der Waals surface area contributed by atoms with Crippen LogP contribution in [0.3, 0.4) is 0 Å². The van der Waals surface area contributed by atoms with E-state index in [0.29, 0.717) is 0 Å². The Bertz CT molecular complexity index is 728. The van der Waals surface area contributed by atoms with Gasteiger partial charge in [0.25, 0.3) is 10.0 Å². The minimum absolute atomic E-state index is 0.105. The largest absolute Gasteiger partial charge is 0.384 e. The summed E-state index contributed by atoms with van der Waals surface area (Å²) in [4.78, 5) is 3.56. The lowest BCUT2D eigenvalue weighted by atomic mass is 10.3. The predicted octanol–water partition coefficient (Wildman–Crippen LogP) is 2.91. The van der Waals surface area contributed by atoms with Gasteiger partial charge in [-0.3, -0.25) is 4.72 Å². The van der Waals surface area contributed by atoms with Crippen molar-refractivity contribution in [3.8, 4) is 0 Å². The monoisotopic (exact) mass is 335 g/mol. The van der Waals surface area contributed by atoms with Gasteiger partial charge in [-0.05, 0) is 24.3 Å². The van der Waals surface area contributed by atoms with E-state index in [1.807, 2.05) is 0 Å². The van der Waals surface area contributed by atoms with E-state index in [1.54, 1.807) is 0 Å². The van der Waals surface area contributed by atoms with Crippen LogP contribution < -0.4 is 10.5 Å². The van der Waals surface area contributed by atoms with Crippen molar-refractivity contribution >= 4 is 44.7 Å². The van der Waals surface area contributed by atoms with Crippen LogP contribution >= 0.6 is 23.2 Å². The molecular weight excluding hydrogens is 328 g/mol. The number of nitrogens with zero attached hydrogens (tertiary/aromatic N) is 1. The highest BCUT2D eigenvalue weighted by Crippen LogP contribution is 2.33. The number of halogens is 3. The zero-order chi connectivity index (χ0) is 14.9. The summed E-state index contributed by atoms with van der Waals surface area (Å²) >= 11 is 11.5. The molecule has 5 nitrogen and oxygen atoms in total. The molecular formula is C11H8Cl2FN3O2S. The predicted molar refractivity (Wildman–Crippen MR) is 75.9 cm³/mol. The fraction of sp³-hybridized carbons (Fsp3) is 0. The Morgan fingerprint density at radius 3 is 2.30 bits per heavy atom. The molecule has 1 heterocycles. The molecule has 0 bridgehead atoms. The van der Waals surface area contributed by atoms with Crippen LogP contribution in [0.2, 0.25) is 10.0 Å². The molecule has 0 unspecified atom stereocenters. The number of aromatic nitrogens is 1. The molecule has 0 aliphatic carbocycles. The summed E-state index contributed by atoms with van der Waals surface area (Å²) in [6.07, 6.45) is 1.09. The fourth-order valence-electron chi connectivity index (χ4n) is 1.38. The molecule has 1 aromatic carbocycles. The molecule has 0 atom stereocenters. The molecule has 0 fully saturated rings. The first-order valence-corrected chi connectivity index (χ1v) is 7.42. The summed E-state index contributed by atoms with van der Waals surface area (Å²) in [7, 11) is -3.95. The second kappa shape index (κ2) is 5.43. The highest BCUT2D eigenvalue weighted by Gasteiger charge is 2.18. The molecule has 0 saturated heterocycles. The molecule has 3 N–H and O–H groups in total. The number of nitrogens with two attached hydrogens (primary N) is 1. The van der Waals surface area contributed by atoms with Gasteiger partial charge in [0.1, 0.15) is 16.5 Å². The van der Waals surface area contributed by atoms with Crippen molar-refractivity contribution in [3.05, 3.63) is 46.3 Å². The number of hydrogen-bond acceptors (Lipinski definition) is 4. The molecule has 2 rings (SSSR count). The maximum Gasteiger partial charge on any atom is 0.263 e. The Morgan fingerprint density at radius 2 is 1.80 bits per heavy atom. The van der Waals surface area contributed by atoms with E-state index < -0.39 is 15.8 Å². The molecule has 0 spiro atoms. The van der Waals surface area contributed by atoms with Crippen molar-refractivity contribution in [2.45, 2.75) is 4.90 Å². The maximum atomic E-state index is 13.0. The normalized spacial score (nSPS) is 11.3. The quantitative estimate of drug-likeness (QED) is 0.902. The smallest absolute Gasteiger partial charge is 0.263 e. The van der Waals surface area contributed by atoms with Gasteiger partial charge in [0.2, 0.25) is 0 Å². The number of hydrogen-bond donors (Lipinski definition) is 2. The SMILES string of the molecule is Nc1ccc(S(=O)(=O)Nc2c(Cl)cc(F)cc2Cl)cn1. The number of rotatable bonds is 3. The Morgan fingerprint density at radius 1 is 1.20 bits per heavy atom. The summed E-state index contributed by atoms with van der Waals surface area (Å²) < 4.78 is 39.4. The number of anilines is 2. The van der Waals surface area contributed by atoms with Gasteiger partial charge in [-0.2, -0.15) is 0 Å². The zero-order valence-corrected chi connectivity index (χ0v) is 12.1. The summed E-state index contributed by atoms with van der Waals surface area (Å²) in [5, 5.41) is -0.302. The first kappa shape index (κ1) is 14.8. The first-order valence-electron chi connectivity index (χ1n) is 5.18. The first-order chi connectivity index (χ1) is 9.29. The number of pyridine rings is 1. The Hall–Kier alpha value is -1.57. The lowest BCUT2D eigenvalue weighted by Gasteiger charge is -2.11. The Kier molecular flexibility index (Phi) is 4.03. The summed E-state index contributed by atoms with van der Waals surface area (Å²) in [6.45, 7) is 0. The van der Waals surface area contributed by atoms with Gasteiger partial charge in [0.15, 0.2) is 0 Å². The van der Waals surface area contributed by atoms with E-state index in [-0.39, 0.29) is 26.4 Å². The summed E-state index contributed by atoms with van der Waals surface area (Å²) in [5.41, 5.74) is 5.27. The molecule has 0 aliphatic rings. The summed E-state index contributed by atoms with van der Waals surface area (Å²) in [5.74, 6) is -0.487. The van der Waals surface area contributed by atoms with Gasteiger partial charge >= 0.3 is 0 Å². The van der Waals surface area contributed by atoms with E-state index in [1.165, 1.54) is 12.1 Å². The van der Waals surface area contributed by atoms with Crippen molar-refractivity contribution in [1.29, 1.82) is 0 Å². The van der Waals surface area contributed by atoms with Crippen LogP contribution in [0, 0.1) is 5.82 Å². The van der Waals surface area contributed by atoms with E-state index in [4.69, 9.17) is 28.9 Å². The molecule has 2 aromatic rings. The minimum atomic E-state index is -3.95. The number of nitrogen functional groups attached to an aromatic ring is 1. The van der Waals surface area contributed by atoms with Gasteiger partial charge in [0.05, 0.1) is 15.7 Å². The van der Waals surface area contributed by atoms with Gasteiger partial charge in [-0.15, -0.1) is 0 Å². The van der Waals surface area contributed by atoms with Crippen LogP contribution in [0.25, 0.3) is 0 Å². The number of nitrogens with one attached hydrogen (secondary N) is 1. The van der Waals surface area contributed by atoms with E-state index in [0.717, 1.165) is 18.3 Å². The van der Waals surface area contributed by atoms with Crippen LogP contribution in [0.15, 0.2) is 35.4 Å². The third-order valence-electron chi connectivity index (χ3n) is 2.31. The third-order valence-corrected chi connectivity index (χ3v) is 4.24. The second-order valence-corrected chi connectivity index (χ2v) is 6.27. The maximum absolute atomic E-state index is 13.0. The van der Waals surface area contributed by atoms with Crippen LogP contribution in [0.5, 0.6) is 0 Å². The van der Waals surface area contributed by atoms with Crippen LogP contribution in [0.1, 0.15) is 0 Å². The van der Waals surface area contributed by atoms with Crippen molar-refractivity contribution in [3.63, 3.8) is 0 Å². The molecule has 0 aliphatic heterocycles. The molecule has 0 saturated carbocycles. The van der Waals surface area contributed by atoms with Gasteiger partial charge in [-0.1, -0.05) is 23.2 Å². The van der Waals surface area contributed by atoms with Crippen molar-refractivity contribution in [2.24, 2.45) is 0 Å². The zero-order valence-electron chi connectivity index (χ0n) is 9.77. The van der Waals surface area contributed by atoms with Crippen LogP contribution in [0.4, 0.5) is 15.9 Å². The van der Waals surface area contributed by atoms with Gasteiger partial charge in [0, 0.05) is 6.20 Å². The number of sulfonamides is 1. The highest BCUT2D eigenvalue weighted by molar-refractivity contribution is 7.92. The van der Waals surface area contributed by atoms with E-state index >= 15 is 0 Å². The average molecular weight is 336 g/mol. The van der Waals surface area contributed by atoms with Crippen molar-refractivity contribution in [2.75, 3.05) is 10.5 Å². The van der Waals surface area contributed by atoms with E-state index in [9.17, 15) is 12.8 Å². The second-order valence-electron chi connectivity index (χ2n) is 3.77. The van der Waals surface area contributed by atoms with Crippen molar-refractivity contribution < 1.29 is 12.8 Å². The summed E-state index contributed by atoms with van der Waals surface area (Å²) in [6, 6.07) is 4.51. The standard InChI is InChI=1S/C11H8Cl2FN3O2S/c12-8-3-6(14)4-9(13)11(8)17-20(18,19)7-1-2-10(15)16-5-7/h1-5,17H,(H2,15,16). The molecule has 1 aromatic heterocycles. The van der Waals surface area contributed by atoms with Crippen LogP contribution in [-0.4, -0.2) is 13.4 Å². The lowest BCUT2D eigenvalue weighted by Crippen LogP contribution is -2.14. The fourth-order valence-corrected chi connectivity index (χ4v) is 3.10. The molecule has 9 heteroatoms.